The van der Waals surface area contributed by atoms with Gasteiger partial charge in [0.05, 0.1) is 17.6 Å². The van der Waals surface area contributed by atoms with Gasteiger partial charge < -0.3 is 4.74 Å². The summed E-state index contributed by atoms with van der Waals surface area (Å²) < 4.78 is 19.8. The Kier molecular flexibility index (Phi) is 5.14. The average Bonchev–Trinajstić information content (AvgIpc) is 2.53. The Morgan fingerprint density at radius 1 is 1.19 bits per heavy atom. The number of ether oxygens (including phenoxy) is 1. The maximum atomic E-state index is 12.7. The minimum atomic E-state index is -1.52. The van der Waals surface area contributed by atoms with Crippen LogP contribution in [0, 0.1) is 0 Å². The summed E-state index contributed by atoms with van der Waals surface area (Å²) in [6, 6.07) is 14.3. The molecule has 0 amide bonds. The van der Waals surface area contributed by atoms with Crippen LogP contribution in [0.4, 0.5) is 5.69 Å². The van der Waals surface area contributed by atoms with Crippen LogP contribution in [0.2, 0.25) is 0 Å². The third-order valence-corrected chi connectivity index (χ3v) is 4.82. The largest absolute Gasteiger partial charge is 0.465 e. The Hall–Kier alpha value is -1.66. The van der Waals surface area contributed by atoms with E-state index in [1.165, 1.54) is 7.11 Å². The SMILES string of the molecule is COC(=O)c1ccc(Br)cc1S(=O)N(C)c1ccccc1. The molecule has 0 aromatic heterocycles. The predicted molar refractivity (Wildman–Crippen MR) is 86.7 cm³/mol. The van der Waals surface area contributed by atoms with Crippen molar-refractivity contribution in [2.24, 2.45) is 0 Å². The number of halogens is 1. The number of esters is 1. The van der Waals surface area contributed by atoms with Crippen molar-refractivity contribution in [1.29, 1.82) is 0 Å². The zero-order valence-corrected chi connectivity index (χ0v) is 14.0. The molecule has 21 heavy (non-hydrogen) atoms. The van der Waals surface area contributed by atoms with Gasteiger partial charge in [-0.1, -0.05) is 34.1 Å². The molecule has 0 aliphatic rings. The van der Waals surface area contributed by atoms with Crippen LogP contribution in [-0.4, -0.2) is 24.3 Å². The predicted octanol–water partition coefficient (Wildman–Crippen LogP) is 3.39. The smallest absolute Gasteiger partial charge is 0.339 e. The van der Waals surface area contributed by atoms with Gasteiger partial charge in [-0.3, -0.25) is 4.31 Å². The maximum absolute atomic E-state index is 12.7. The molecule has 0 heterocycles. The summed E-state index contributed by atoms with van der Waals surface area (Å²) in [6.07, 6.45) is 0. The van der Waals surface area contributed by atoms with E-state index in [2.05, 4.69) is 15.9 Å². The highest BCUT2D eigenvalue weighted by atomic mass is 79.9. The first-order chi connectivity index (χ1) is 10.0. The van der Waals surface area contributed by atoms with E-state index in [1.807, 2.05) is 30.3 Å². The lowest BCUT2D eigenvalue weighted by atomic mass is 10.2. The van der Waals surface area contributed by atoms with Crippen LogP contribution < -0.4 is 4.31 Å². The summed E-state index contributed by atoms with van der Waals surface area (Å²) in [5.74, 6) is -0.507. The first-order valence-electron chi connectivity index (χ1n) is 6.13. The molecule has 110 valence electrons. The molecule has 2 aromatic rings. The Bertz CT molecular complexity index is 676. The highest BCUT2D eigenvalue weighted by Crippen LogP contribution is 2.24. The van der Waals surface area contributed by atoms with Crippen LogP contribution >= 0.6 is 15.9 Å². The van der Waals surface area contributed by atoms with Gasteiger partial charge in [0.1, 0.15) is 0 Å². The number of hydrogen-bond acceptors (Lipinski definition) is 3. The molecule has 4 nitrogen and oxygen atoms in total. The summed E-state index contributed by atoms with van der Waals surface area (Å²) in [5.41, 5.74) is 1.09. The monoisotopic (exact) mass is 367 g/mol. The summed E-state index contributed by atoms with van der Waals surface area (Å²) in [6.45, 7) is 0. The third-order valence-electron chi connectivity index (χ3n) is 2.91. The fourth-order valence-electron chi connectivity index (χ4n) is 1.80. The summed E-state index contributed by atoms with van der Waals surface area (Å²) in [4.78, 5) is 12.2. The van der Waals surface area contributed by atoms with Crippen LogP contribution in [0.25, 0.3) is 0 Å². The molecule has 0 radical (unpaired) electrons. The van der Waals surface area contributed by atoms with Gasteiger partial charge in [-0.25, -0.2) is 9.00 Å². The van der Waals surface area contributed by atoms with E-state index in [0.717, 1.165) is 10.2 Å². The molecule has 1 atom stereocenters. The minimum Gasteiger partial charge on any atom is -0.465 e. The molecular weight excluding hydrogens is 354 g/mol. The number of hydrogen-bond donors (Lipinski definition) is 0. The number of rotatable bonds is 4. The lowest BCUT2D eigenvalue weighted by Gasteiger charge is -2.19. The molecule has 2 rings (SSSR count). The van der Waals surface area contributed by atoms with Gasteiger partial charge in [-0.2, -0.15) is 0 Å². The van der Waals surface area contributed by atoms with E-state index in [0.29, 0.717) is 10.5 Å². The first-order valence-corrected chi connectivity index (χ1v) is 8.03. The number of anilines is 1. The summed E-state index contributed by atoms with van der Waals surface area (Å²) in [7, 11) is 1.50. The number of nitrogens with zero attached hydrogens (tertiary/aromatic N) is 1. The van der Waals surface area contributed by atoms with Crippen molar-refractivity contribution in [1.82, 2.24) is 0 Å². The maximum Gasteiger partial charge on any atom is 0.339 e. The van der Waals surface area contributed by atoms with Gasteiger partial charge in [0.15, 0.2) is 11.0 Å². The molecule has 1 unspecified atom stereocenters. The Morgan fingerprint density at radius 2 is 1.86 bits per heavy atom. The highest BCUT2D eigenvalue weighted by molar-refractivity contribution is 9.10. The van der Waals surface area contributed by atoms with Crippen LogP contribution in [-0.2, 0) is 15.7 Å². The number of para-hydroxylation sites is 1. The highest BCUT2D eigenvalue weighted by Gasteiger charge is 2.20. The fraction of sp³-hybridized carbons (Fsp3) is 0.133. The molecule has 2 aromatic carbocycles. The average molecular weight is 368 g/mol. The molecule has 0 fully saturated rings. The first kappa shape index (κ1) is 15.7. The van der Waals surface area contributed by atoms with Gasteiger partial charge in [-0.05, 0) is 30.3 Å². The van der Waals surface area contributed by atoms with E-state index >= 15 is 0 Å². The second-order valence-corrected chi connectivity index (χ2v) is 6.62. The van der Waals surface area contributed by atoms with E-state index in [-0.39, 0.29) is 0 Å². The number of carbonyl (C=O) groups is 1. The van der Waals surface area contributed by atoms with E-state index in [1.54, 1.807) is 29.6 Å². The van der Waals surface area contributed by atoms with Crippen LogP contribution in [0.1, 0.15) is 10.4 Å². The normalized spacial score (nSPS) is 11.8. The van der Waals surface area contributed by atoms with E-state index in [9.17, 15) is 9.00 Å². The van der Waals surface area contributed by atoms with Crippen molar-refractivity contribution in [3.63, 3.8) is 0 Å². The molecule has 0 saturated carbocycles. The number of methoxy groups -OCH3 is 1. The van der Waals surface area contributed by atoms with Crippen molar-refractivity contribution < 1.29 is 13.7 Å². The van der Waals surface area contributed by atoms with Crippen molar-refractivity contribution in [2.45, 2.75) is 4.90 Å². The summed E-state index contributed by atoms with van der Waals surface area (Å²) >= 11 is 3.34. The molecule has 0 spiro atoms. The van der Waals surface area contributed by atoms with Crippen molar-refractivity contribution in [3.05, 3.63) is 58.6 Å². The Labute approximate surface area is 134 Å². The van der Waals surface area contributed by atoms with Gasteiger partial charge >= 0.3 is 5.97 Å². The number of carbonyl (C=O) groups excluding carboxylic acids is 1. The molecule has 0 aliphatic carbocycles. The van der Waals surface area contributed by atoms with E-state index < -0.39 is 17.0 Å². The molecule has 0 N–H and O–H groups in total. The van der Waals surface area contributed by atoms with Crippen LogP contribution in [0.5, 0.6) is 0 Å². The van der Waals surface area contributed by atoms with Crippen molar-refractivity contribution in [3.8, 4) is 0 Å². The fourth-order valence-corrected chi connectivity index (χ4v) is 3.49. The molecular formula is C15H14BrNO3S. The topological polar surface area (TPSA) is 46.6 Å². The Balaban J connectivity index is 2.43. The minimum absolute atomic E-state index is 0.293. The second kappa shape index (κ2) is 6.87. The molecule has 6 heteroatoms. The zero-order valence-electron chi connectivity index (χ0n) is 11.6. The van der Waals surface area contributed by atoms with Crippen LogP contribution in [0.15, 0.2) is 57.9 Å². The van der Waals surface area contributed by atoms with Gasteiger partial charge in [0.25, 0.3) is 0 Å². The zero-order chi connectivity index (χ0) is 15.4. The lowest BCUT2D eigenvalue weighted by Crippen LogP contribution is -2.22. The van der Waals surface area contributed by atoms with Gasteiger partial charge in [-0.15, -0.1) is 0 Å². The van der Waals surface area contributed by atoms with Crippen molar-refractivity contribution in [2.75, 3.05) is 18.5 Å². The molecule has 0 bridgehead atoms. The van der Waals surface area contributed by atoms with Crippen molar-refractivity contribution >= 4 is 38.6 Å². The molecule has 0 aliphatic heterocycles. The summed E-state index contributed by atoms with van der Waals surface area (Å²) in [5, 5.41) is 0. The standard InChI is InChI=1S/C15H14BrNO3S/c1-17(12-6-4-3-5-7-12)21(19)14-10-11(16)8-9-13(14)15(18)20-2/h3-10H,1-2H3. The van der Waals surface area contributed by atoms with Gasteiger partial charge in [0.2, 0.25) is 0 Å². The quantitative estimate of drug-likeness (QED) is 0.778. The van der Waals surface area contributed by atoms with E-state index in [4.69, 9.17) is 4.74 Å². The van der Waals surface area contributed by atoms with Gasteiger partial charge in [0, 0.05) is 17.2 Å². The molecule has 0 saturated heterocycles. The number of benzene rings is 2. The Morgan fingerprint density at radius 3 is 2.48 bits per heavy atom. The second-order valence-electron chi connectivity index (χ2n) is 4.21. The van der Waals surface area contributed by atoms with Crippen LogP contribution in [0.3, 0.4) is 0 Å². The lowest BCUT2D eigenvalue weighted by molar-refractivity contribution is 0.0596. The third kappa shape index (κ3) is 3.51.